The van der Waals surface area contributed by atoms with E-state index in [2.05, 4.69) is 241 Å². The van der Waals surface area contributed by atoms with E-state index in [1.54, 1.807) is 0 Å². The maximum Gasteiger partial charge on any atom is 0.143 e. The van der Waals surface area contributed by atoms with Crippen LogP contribution in [0.4, 0.5) is 17.1 Å². The number of rotatable bonds is 5. The molecule has 0 atom stereocenters. The fourth-order valence-corrected chi connectivity index (χ4v) is 11.5. The third kappa shape index (κ3) is 5.11. The third-order valence-electron chi connectivity index (χ3n) is 14.3. The van der Waals surface area contributed by atoms with Gasteiger partial charge >= 0.3 is 0 Å². The first-order valence-electron chi connectivity index (χ1n) is 22.5. The maximum atomic E-state index is 6.61. The van der Waals surface area contributed by atoms with E-state index in [1.807, 2.05) is 0 Å². The molecule has 0 fully saturated rings. The van der Waals surface area contributed by atoms with Crippen molar-refractivity contribution in [1.29, 1.82) is 0 Å². The number of anilines is 3. The highest BCUT2D eigenvalue weighted by atomic mass is 16.3. The Hall–Kier alpha value is -8.46. The first-order valence-corrected chi connectivity index (χ1v) is 22.5. The fourth-order valence-electron chi connectivity index (χ4n) is 11.5. The van der Waals surface area contributed by atoms with Crippen LogP contribution in [0.3, 0.4) is 0 Å². The summed E-state index contributed by atoms with van der Waals surface area (Å²) in [4.78, 5) is 2.48. The average Bonchev–Trinajstić information content (AvgIpc) is 4.00. The molecule has 0 saturated heterocycles. The van der Waals surface area contributed by atoms with Gasteiger partial charge in [-0.15, -0.1) is 0 Å². The van der Waals surface area contributed by atoms with E-state index >= 15 is 0 Å². The summed E-state index contributed by atoms with van der Waals surface area (Å²) in [5, 5.41) is 7.01. The summed E-state index contributed by atoms with van der Waals surface area (Å²) in [6, 6.07) is 87.2. The van der Waals surface area contributed by atoms with Crippen molar-refractivity contribution in [3.8, 4) is 44.5 Å². The van der Waals surface area contributed by atoms with Gasteiger partial charge in [-0.2, -0.15) is 0 Å². The second kappa shape index (κ2) is 13.8. The van der Waals surface area contributed by atoms with Crippen LogP contribution in [0.2, 0.25) is 0 Å². The minimum absolute atomic E-state index is 0.470. The van der Waals surface area contributed by atoms with Crippen molar-refractivity contribution in [2.24, 2.45) is 0 Å². The number of benzene rings is 11. The highest BCUT2D eigenvalue weighted by Crippen LogP contribution is 2.63. The van der Waals surface area contributed by atoms with E-state index < -0.39 is 5.41 Å². The first kappa shape index (κ1) is 36.1. The molecule has 302 valence electrons. The summed E-state index contributed by atoms with van der Waals surface area (Å²) >= 11 is 0. The van der Waals surface area contributed by atoms with Crippen molar-refractivity contribution in [3.05, 3.63) is 259 Å². The lowest BCUT2D eigenvalue weighted by Crippen LogP contribution is -2.26. The molecular weight excluding hydrogens is 787 g/mol. The topological polar surface area (TPSA) is 16.4 Å². The van der Waals surface area contributed by atoms with Gasteiger partial charge < -0.3 is 9.32 Å². The predicted octanol–water partition coefficient (Wildman–Crippen LogP) is 17.0. The van der Waals surface area contributed by atoms with E-state index in [-0.39, 0.29) is 0 Å². The number of fused-ring (bicyclic) bond motifs is 16. The van der Waals surface area contributed by atoms with Crippen LogP contribution in [0.5, 0.6) is 0 Å². The highest BCUT2D eigenvalue weighted by molar-refractivity contribution is 6.16. The largest absolute Gasteiger partial charge is 0.455 e. The molecule has 0 saturated carbocycles. The monoisotopic (exact) mass is 825 g/mol. The van der Waals surface area contributed by atoms with Crippen molar-refractivity contribution in [2.75, 3.05) is 4.90 Å². The minimum Gasteiger partial charge on any atom is -0.455 e. The molecular formula is C63H39NO. The van der Waals surface area contributed by atoms with Crippen molar-refractivity contribution in [2.45, 2.75) is 5.41 Å². The quantitative estimate of drug-likeness (QED) is 0.172. The molecule has 2 heteroatoms. The standard InChI is InChI=1S/C63H39NO/c1-3-20-46-40(15-1)17-14-26-47(46)42-18-13-19-44(37-42)64(60-30-12-8-21-48(60)43-32-36-61-55(38-43)54-34-31-41-16-2-4-22-49(41)62(54)65-61)45-33-35-53-52-25-7-11-29-58(52)63(59(53)39-45)56-27-9-5-23-50(56)51-24-6-10-28-57(51)63/h1-39H. The molecule has 1 aromatic heterocycles. The lowest BCUT2D eigenvalue weighted by Gasteiger charge is -2.33. The molecule has 0 bridgehead atoms. The summed E-state index contributed by atoms with van der Waals surface area (Å²) in [6.07, 6.45) is 0. The molecule has 12 aromatic rings. The van der Waals surface area contributed by atoms with Crippen LogP contribution >= 0.6 is 0 Å². The van der Waals surface area contributed by atoms with Crippen LogP contribution < -0.4 is 4.90 Å². The summed E-state index contributed by atoms with van der Waals surface area (Å²) in [6.45, 7) is 0. The van der Waals surface area contributed by atoms with Crippen LogP contribution in [-0.2, 0) is 5.41 Å². The number of hydrogen-bond acceptors (Lipinski definition) is 2. The lowest BCUT2D eigenvalue weighted by atomic mass is 9.70. The molecule has 65 heavy (non-hydrogen) atoms. The fraction of sp³-hybridized carbons (Fsp3) is 0.0159. The molecule has 2 nitrogen and oxygen atoms in total. The van der Waals surface area contributed by atoms with Gasteiger partial charge in [0.05, 0.1) is 11.1 Å². The van der Waals surface area contributed by atoms with E-state index in [0.717, 1.165) is 55.5 Å². The van der Waals surface area contributed by atoms with Crippen molar-refractivity contribution >= 4 is 60.5 Å². The SMILES string of the molecule is c1cc(-c2cccc3ccccc23)cc(N(c2ccc3c(c2)C2(c4ccccc4-c4ccccc42)c2ccccc2-3)c2ccccc2-c2ccc3oc4c5ccccc5ccc4c3c2)c1. The summed E-state index contributed by atoms with van der Waals surface area (Å²) in [5.74, 6) is 0. The predicted molar refractivity (Wildman–Crippen MR) is 271 cm³/mol. The van der Waals surface area contributed by atoms with E-state index in [4.69, 9.17) is 4.42 Å². The van der Waals surface area contributed by atoms with Gasteiger partial charge in [0, 0.05) is 33.1 Å². The number of nitrogens with zero attached hydrogens (tertiary/aromatic N) is 1. The highest BCUT2D eigenvalue weighted by Gasteiger charge is 2.51. The second-order valence-electron chi connectivity index (χ2n) is 17.5. The Morgan fingerprint density at radius 2 is 0.862 bits per heavy atom. The van der Waals surface area contributed by atoms with Crippen LogP contribution in [-0.4, -0.2) is 0 Å². The van der Waals surface area contributed by atoms with Crippen LogP contribution in [0, 0.1) is 0 Å². The van der Waals surface area contributed by atoms with Crippen LogP contribution in [0.25, 0.3) is 88.0 Å². The normalized spacial score (nSPS) is 13.0. The Morgan fingerprint density at radius 1 is 0.308 bits per heavy atom. The molecule has 0 amide bonds. The van der Waals surface area contributed by atoms with E-state index in [0.29, 0.717) is 0 Å². The molecule has 2 aliphatic rings. The van der Waals surface area contributed by atoms with Gasteiger partial charge in [-0.3, -0.25) is 0 Å². The van der Waals surface area contributed by atoms with Crippen LogP contribution in [0.15, 0.2) is 241 Å². The van der Waals surface area contributed by atoms with E-state index in [9.17, 15) is 0 Å². The van der Waals surface area contributed by atoms with Gasteiger partial charge in [-0.25, -0.2) is 0 Å². The Morgan fingerprint density at radius 3 is 1.62 bits per heavy atom. The molecule has 0 N–H and O–H groups in total. The molecule has 0 aliphatic heterocycles. The Bertz CT molecular complexity index is 3860. The Balaban J connectivity index is 1.02. The zero-order valence-corrected chi connectivity index (χ0v) is 35.4. The smallest absolute Gasteiger partial charge is 0.143 e. The Labute approximate surface area is 376 Å². The molecule has 14 rings (SSSR count). The number of para-hydroxylation sites is 1. The van der Waals surface area contributed by atoms with Crippen molar-refractivity contribution < 1.29 is 4.42 Å². The maximum absolute atomic E-state index is 6.61. The summed E-state index contributed by atoms with van der Waals surface area (Å²) in [5.41, 5.74) is 19.8. The number of hydrogen-bond donors (Lipinski definition) is 0. The van der Waals surface area contributed by atoms with Crippen molar-refractivity contribution in [1.82, 2.24) is 0 Å². The molecule has 0 radical (unpaired) electrons. The molecule has 1 spiro atoms. The molecule has 1 heterocycles. The first-order chi connectivity index (χ1) is 32.2. The summed E-state index contributed by atoms with van der Waals surface area (Å²) in [7, 11) is 0. The van der Waals surface area contributed by atoms with Crippen LogP contribution in [0.1, 0.15) is 22.3 Å². The minimum atomic E-state index is -0.470. The van der Waals surface area contributed by atoms with Gasteiger partial charge in [-0.05, 0) is 126 Å². The van der Waals surface area contributed by atoms with Gasteiger partial charge in [0.25, 0.3) is 0 Å². The van der Waals surface area contributed by atoms with Gasteiger partial charge in [0.2, 0.25) is 0 Å². The van der Waals surface area contributed by atoms with Gasteiger partial charge in [-0.1, -0.05) is 188 Å². The number of furan rings is 1. The second-order valence-corrected chi connectivity index (χ2v) is 17.5. The Kier molecular flexibility index (Phi) is 7.64. The molecule has 11 aromatic carbocycles. The summed E-state index contributed by atoms with van der Waals surface area (Å²) < 4.78 is 6.61. The molecule has 0 unspecified atom stereocenters. The average molecular weight is 826 g/mol. The zero-order valence-electron chi connectivity index (χ0n) is 35.4. The zero-order chi connectivity index (χ0) is 42.6. The third-order valence-corrected chi connectivity index (χ3v) is 14.3. The van der Waals surface area contributed by atoms with Crippen molar-refractivity contribution in [3.63, 3.8) is 0 Å². The molecule has 2 aliphatic carbocycles. The van der Waals surface area contributed by atoms with Gasteiger partial charge in [0.1, 0.15) is 11.2 Å². The van der Waals surface area contributed by atoms with E-state index in [1.165, 1.54) is 71.8 Å². The lowest BCUT2D eigenvalue weighted by molar-refractivity contribution is 0.672. The van der Waals surface area contributed by atoms with Gasteiger partial charge in [0.15, 0.2) is 0 Å².